The fraction of sp³-hybridized carbons (Fsp3) is 0.619. The minimum atomic E-state index is 0.0171. The zero-order valence-corrected chi connectivity index (χ0v) is 15.4. The van der Waals surface area contributed by atoms with Crippen molar-refractivity contribution in [1.82, 2.24) is 10.2 Å². The summed E-state index contributed by atoms with van der Waals surface area (Å²) in [4.78, 5) is 27.0. The monoisotopic (exact) mass is 342 g/mol. The summed E-state index contributed by atoms with van der Waals surface area (Å²) in [5, 5.41) is 3.11. The molecule has 1 fully saturated rings. The lowest BCUT2D eigenvalue weighted by atomic mass is 10.0. The molecule has 2 aliphatic rings. The van der Waals surface area contributed by atoms with E-state index < -0.39 is 0 Å². The van der Waals surface area contributed by atoms with Crippen molar-refractivity contribution in [3.05, 3.63) is 34.9 Å². The Morgan fingerprint density at radius 3 is 2.64 bits per heavy atom. The van der Waals surface area contributed by atoms with E-state index in [9.17, 15) is 9.59 Å². The van der Waals surface area contributed by atoms with Crippen molar-refractivity contribution in [1.29, 1.82) is 0 Å². The molecule has 0 spiro atoms. The van der Waals surface area contributed by atoms with E-state index >= 15 is 0 Å². The number of likely N-dealkylation sites (tertiary alicyclic amines) is 1. The molecule has 1 aromatic rings. The van der Waals surface area contributed by atoms with Crippen LogP contribution in [0.25, 0.3) is 0 Å². The zero-order valence-electron chi connectivity index (χ0n) is 15.4. The molecule has 0 unspecified atom stereocenters. The van der Waals surface area contributed by atoms with Crippen LogP contribution in [-0.4, -0.2) is 42.3 Å². The Kier molecular flexibility index (Phi) is 6.24. The largest absolute Gasteiger partial charge is 0.353 e. The molecule has 0 saturated carbocycles. The summed E-state index contributed by atoms with van der Waals surface area (Å²) in [6.45, 7) is 5.47. The van der Waals surface area contributed by atoms with Gasteiger partial charge in [0, 0.05) is 37.5 Å². The molecule has 136 valence electrons. The van der Waals surface area contributed by atoms with Crippen LogP contribution in [0.3, 0.4) is 0 Å². The number of nitrogens with one attached hydrogen (secondary N) is 1. The van der Waals surface area contributed by atoms with E-state index in [1.807, 2.05) is 12.1 Å². The normalized spacial score (nSPS) is 18.1. The molecule has 1 aliphatic carbocycles. The van der Waals surface area contributed by atoms with Gasteiger partial charge < -0.3 is 10.2 Å². The molecule has 0 aromatic heterocycles. The molecule has 3 rings (SSSR count). The van der Waals surface area contributed by atoms with Crippen molar-refractivity contribution in [3.8, 4) is 0 Å². The second-order valence-corrected chi connectivity index (χ2v) is 7.44. The predicted molar refractivity (Wildman–Crippen MR) is 99.9 cm³/mol. The average Bonchev–Trinajstić information content (AvgIpc) is 3.09. The van der Waals surface area contributed by atoms with Crippen LogP contribution in [0.1, 0.15) is 66.9 Å². The van der Waals surface area contributed by atoms with Crippen LogP contribution in [0.5, 0.6) is 0 Å². The number of piperidine rings is 1. The summed E-state index contributed by atoms with van der Waals surface area (Å²) in [6.07, 6.45) is 7.21. The standard InChI is InChI=1S/C21H30N2O2/c1-2-12-23-13-10-19(11-14-23)22-21(25)9-8-20(24)18-7-6-16-4-3-5-17(16)15-18/h6-7,15,19H,2-5,8-14H2,1H3,(H,22,25). The second kappa shape index (κ2) is 8.61. The van der Waals surface area contributed by atoms with Gasteiger partial charge >= 0.3 is 0 Å². The number of carbonyl (C=O) groups is 2. The lowest BCUT2D eigenvalue weighted by Gasteiger charge is -2.32. The van der Waals surface area contributed by atoms with Gasteiger partial charge in [-0.2, -0.15) is 0 Å². The molecule has 1 amide bonds. The van der Waals surface area contributed by atoms with Crippen LogP contribution in [0.15, 0.2) is 18.2 Å². The Bertz CT molecular complexity index is 618. The SMILES string of the molecule is CCCN1CCC(NC(=O)CCC(=O)c2ccc3c(c2)CCC3)CC1. The summed E-state index contributed by atoms with van der Waals surface area (Å²) in [5.74, 6) is 0.103. The summed E-state index contributed by atoms with van der Waals surface area (Å²) in [5.41, 5.74) is 3.46. The highest BCUT2D eigenvalue weighted by Crippen LogP contribution is 2.23. The predicted octanol–water partition coefficient (Wildman–Crippen LogP) is 3.13. The number of carbonyl (C=O) groups excluding carboxylic acids is 2. The average molecular weight is 342 g/mol. The van der Waals surface area contributed by atoms with Gasteiger partial charge in [0.25, 0.3) is 0 Å². The lowest BCUT2D eigenvalue weighted by molar-refractivity contribution is -0.122. The molecular weight excluding hydrogens is 312 g/mol. The van der Waals surface area contributed by atoms with E-state index in [1.165, 1.54) is 24.0 Å². The first-order chi connectivity index (χ1) is 12.2. The first kappa shape index (κ1) is 18.1. The van der Waals surface area contributed by atoms with Gasteiger partial charge in [-0.25, -0.2) is 0 Å². The number of benzene rings is 1. The number of amides is 1. The smallest absolute Gasteiger partial charge is 0.220 e. The topological polar surface area (TPSA) is 49.4 Å². The van der Waals surface area contributed by atoms with Gasteiger partial charge in [-0.3, -0.25) is 9.59 Å². The maximum absolute atomic E-state index is 12.4. The van der Waals surface area contributed by atoms with E-state index in [2.05, 4.69) is 23.2 Å². The summed E-state index contributed by atoms with van der Waals surface area (Å²) >= 11 is 0. The Hall–Kier alpha value is -1.68. The molecule has 1 aromatic carbocycles. The van der Waals surface area contributed by atoms with Gasteiger partial charge in [0.1, 0.15) is 0 Å². The molecule has 25 heavy (non-hydrogen) atoms. The number of hydrogen-bond acceptors (Lipinski definition) is 3. The Balaban J connectivity index is 1.41. The van der Waals surface area contributed by atoms with Gasteiger partial charge in [-0.1, -0.05) is 19.1 Å². The van der Waals surface area contributed by atoms with Gasteiger partial charge in [0.15, 0.2) is 5.78 Å². The Morgan fingerprint density at radius 1 is 1.12 bits per heavy atom. The van der Waals surface area contributed by atoms with Crippen LogP contribution in [0, 0.1) is 0 Å². The van der Waals surface area contributed by atoms with Gasteiger partial charge in [-0.05, 0) is 62.3 Å². The van der Waals surface area contributed by atoms with Crippen molar-refractivity contribution in [2.45, 2.75) is 64.3 Å². The molecule has 4 nitrogen and oxygen atoms in total. The molecule has 1 aliphatic heterocycles. The van der Waals surface area contributed by atoms with Gasteiger partial charge in [0.2, 0.25) is 5.91 Å². The molecule has 1 N–H and O–H groups in total. The number of nitrogens with zero attached hydrogens (tertiary/aromatic N) is 1. The quantitative estimate of drug-likeness (QED) is 0.775. The number of fused-ring (bicyclic) bond motifs is 1. The summed E-state index contributed by atoms with van der Waals surface area (Å²) in [6, 6.07) is 6.32. The van der Waals surface area contributed by atoms with Crippen molar-refractivity contribution in [2.24, 2.45) is 0 Å². The van der Waals surface area contributed by atoms with Crippen molar-refractivity contribution < 1.29 is 9.59 Å². The Morgan fingerprint density at radius 2 is 1.88 bits per heavy atom. The Labute approximate surface area is 151 Å². The number of Topliss-reactive ketones (excluding diaryl/α,β-unsaturated/α-hetero) is 1. The van der Waals surface area contributed by atoms with Crippen molar-refractivity contribution in [3.63, 3.8) is 0 Å². The zero-order chi connectivity index (χ0) is 17.6. The maximum Gasteiger partial charge on any atom is 0.220 e. The van der Waals surface area contributed by atoms with E-state index in [-0.39, 0.29) is 17.7 Å². The van der Waals surface area contributed by atoms with Crippen LogP contribution in [-0.2, 0) is 17.6 Å². The lowest BCUT2D eigenvalue weighted by Crippen LogP contribution is -2.44. The van der Waals surface area contributed by atoms with Crippen molar-refractivity contribution in [2.75, 3.05) is 19.6 Å². The maximum atomic E-state index is 12.4. The highest BCUT2D eigenvalue weighted by atomic mass is 16.2. The van der Waals surface area contributed by atoms with Crippen LogP contribution in [0.4, 0.5) is 0 Å². The van der Waals surface area contributed by atoms with Gasteiger partial charge in [-0.15, -0.1) is 0 Å². The van der Waals surface area contributed by atoms with Crippen LogP contribution >= 0.6 is 0 Å². The molecule has 4 heteroatoms. The van der Waals surface area contributed by atoms with E-state index in [4.69, 9.17) is 0 Å². The fourth-order valence-corrected chi connectivity index (χ4v) is 4.03. The minimum absolute atomic E-state index is 0.0171. The number of hydrogen-bond donors (Lipinski definition) is 1. The van der Waals surface area contributed by atoms with Crippen LogP contribution < -0.4 is 5.32 Å². The van der Waals surface area contributed by atoms with Crippen LogP contribution in [0.2, 0.25) is 0 Å². The van der Waals surface area contributed by atoms with E-state index in [0.29, 0.717) is 12.8 Å². The first-order valence-corrected chi connectivity index (χ1v) is 9.82. The third-order valence-electron chi connectivity index (χ3n) is 5.49. The third-order valence-corrected chi connectivity index (χ3v) is 5.49. The molecule has 0 bridgehead atoms. The van der Waals surface area contributed by atoms with Crippen molar-refractivity contribution >= 4 is 11.7 Å². The highest BCUT2D eigenvalue weighted by molar-refractivity contribution is 5.98. The molecule has 1 heterocycles. The number of aryl methyl sites for hydroxylation is 2. The first-order valence-electron chi connectivity index (χ1n) is 9.82. The number of rotatable bonds is 7. The third kappa shape index (κ3) is 4.91. The minimum Gasteiger partial charge on any atom is -0.353 e. The molecule has 0 radical (unpaired) electrons. The second-order valence-electron chi connectivity index (χ2n) is 7.44. The summed E-state index contributed by atoms with van der Waals surface area (Å²) in [7, 11) is 0. The van der Waals surface area contributed by atoms with E-state index in [1.54, 1.807) is 0 Å². The molecule has 0 atom stereocenters. The fourth-order valence-electron chi connectivity index (χ4n) is 4.03. The van der Waals surface area contributed by atoms with E-state index in [0.717, 1.165) is 50.9 Å². The number of ketones is 1. The van der Waals surface area contributed by atoms with Gasteiger partial charge in [0.05, 0.1) is 0 Å². The highest BCUT2D eigenvalue weighted by Gasteiger charge is 2.20. The molecular formula is C21H30N2O2. The molecule has 1 saturated heterocycles. The summed E-state index contributed by atoms with van der Waals surface area (Å²) < 4.78 is 0.